The summed E-state index contributed by atoms with van der Waals surface area (Å²) in [5.74, 6) is -0.452. The lowest BCUT2D eigenvalue weighted by Gasteiger charge is -2.05. The van der Waals surface area contributed by atoms with E-state index in [0.717, 1.165) is 10.1 Å². The van der Waals surface area contributed by atoms with Gasteiger partial charge in [-0.05, 0) is 17.5 Å². The molecule has 0 aliphatic heterocycles. The number of aromatic amines is 1. The van der Waals surface area contributed by atoms with Gasteiger partial charge in [0.2, 0.25) is 0 Å². The fraction of sp³-hybridized carbons (Fsp3) is 0.0769. The normalized spacial score (nSPS) is 10.9. The first kappa shape index (κ1) is 11.0. The van der Waals surface area contributed by atoms with Crippen LogP contribution in [-0.4, -0.2) is 18.1 Å². The fourth-order valence-electron chi connectivity index (χ4n) is 2.03. The summed E-state index contributed by atoms with van der Waals surface area (Å²) < 4.78 is 5.61. The molecule has 0 radical (unpaired) electrons. The third-order valence-electron chi connectivity index (χ3n) is 2.86. The molecule has 1 aromatic carbocycles. The maximum atomic E-state index is 11.9. The number of hydrogen-bond donors (Lipinski definition) is 1. The second-order valence-corrected chi connectivity index (χ2v) is 4.75. The SMILES string of the molecule is COC(=O)c1cccc2c1[nH]c(=O)c1ccsc12. The molecule has 0 fully saturated rings. The van der Waals surface area contributed by atoms with Crippen LogP contribution in [0.1, 0.15) is 10.4 Å². The number of pyridine rings is 1. The van der Waals surface area contributed by atoms with E-state index in [0.29, 0.717) is 16.5 Å². The van der Waals surface area contributed by atoms with Crippen molar-refractivity contribution in [3.63, 3.8) is 0 Å². The number of nitrogens with one attached hydrogen (secondary N) is 1. The number of para-hydroxylation sites is 1. The van der Waals surface area contributed by atoms with Crippen molar-refractivity contribution in [2.75, 3.05) is 7.11 Å². The Morgan fingerprint density at radius 3 is 2.89 bits per heavy atom. The highest BCUT2D eigenvalue weighted by molar-refractivity contribution is 7.18. The highest BCUT2D eigenvalue weighted by atomic mass is 32.1. The molecule has 0 saturated heterocycles. The van der Waals surface area contributed by atoms with Gasteiger partial charge in [0.1, 0.15) is 0 Å². The van der Waals surface area contributed by atoms with Gasteiger partial charge in [-0.2, -0.15) is 0 Å². The van der Waals surface area contributed by atoms with Crippen LogP contribution < -0.4 is 5.56 Å². The monoisotopic (exact) mass is 259 g/mol. The first-order valence-electron chi connectivity index (χ1n) is 5.33. The van der Waals surface area contributed by atoms with Gasteiger partial charge >= 0.3 is 5.97 Å². The molecular weight excluding hydrogens is 250 g/mol. The molecule has 0 aliphatic rings. The van der Waals surface area contributed by atoms with E-state index in [-0.39, 0.29) is 5.56 Å². The number of H-pyrrole nitrogens is 1. The predicted molar refractivity (Wildman–Crippen MR) is 71.3 cm³/mol. The number of carbonyl (C=O) groups excluding carboxylic acids is 1. The average molecular weight is 259 g/mol. The average Bonchev–Trinajstić information content (AvgIpc) is 2.87. The van der Waals surface area contributed by atoms with Crippen molar-refractivity contribution < 1.29 is 9.53 Å². The van der Waals surface area contributed by atoms with Crippen molar-refractivity contribution in [2.24, 2.45) is 0 Å². The number of benzene rings is 1. The summed E-state index contributed by atoms with van der Waals surface area (Å²) in [7, 11) is 1.32. The van der Waals surface area contributed by atoms with Gasteiger partial charge in [0, 0.05) is 10.1 Å². The molecule has 0 unspecified atom stereocenters. The van der Waals surface area contributed by atoms with E-state index in [1.165, 1.54) is 18.4 Å². The second-order valence-electron chi connectivity index (χ2n) is 3.84. The van der Waals surface area contributed by atoms with Gasteiger partial charge in [-0.15, -0.1) is 11.3 Å². The van der Waals surface area contributed by atoms with Crippen molar-refractivity contribution in [3.8, 4) is 0 Å². The first-order chi connectivity index (χ1) is 8.72. The molecular formula is C13H9NO3S. The topological polar surface area (TPSA) is 59.2 Å². The van der Waals surface area contributed by atoms with Crippen molar-refractivity contribution >= 4 is 38.3 Å². The zero-order chi connectivity index (χ0) is 12.7. The molecule has 0 bridgehead atoms. The molecule has 0 saturated carbocycles. The third-order valence-corrected chi connectivity index (χ3v) is 3.81. The van der Waals surface area contributed by atoms with E-state index < -0.39 is 5.97 Å². The number of rotatable bonds is 1. The summed E-state index contributed by atoms with van der Waals surface area (Å²) in [5, 5.41) is 3.38. The standard InChI is InChI=1S/C13H9NO3S/c1-17-13(16)8-4-2-3-7-10(8)14-12(15)9-5-6-18-11(7)9/h2-6H,1H3,(H,14,15). The number of methoxy groups -OCH3 is 1. The smallest absolute Gasteiger partial charge is 0.339 e. The van der Waals surface area contributed by atoms with Gasteiger partial charge in [-0.3, -0.25) is 4.79 Å². The number of thiophene rings is 1. The Labute approximate surface area is 106 Å². The molecule has 2 aromatic heterocycles. The lowest BCUT2D eigenvalue weighted by atomic mass is 10.1. The number of esters is 1. The van der Waals surface area contributed by atoms with E-state index in [1.54, 1.807) is 18.2 Å². The van der Waals surface area contributed by atoms with Crippen LogP contribution in [0.5, 0.6) is 0 Å². The number of ether oxygens (including phenoxy) is 1. The van der Waals surface area contributed by atoms with Gasteiger partial charge in [0.05, 0.1) is 23.6 Å². The molecule has 0 atom stereocenters. The summed E-state index contributed by atoms with van der Waals surface area (Å²) in [5.41, 5.74) is 0.724. The number of carbonyl (C=O) groups is 1. The quantitative estimate of drug-likeness (QED) is 0.683. The maximum absolute atomic E-state index is 11.9. The Balaban J connectivity index is 2.52. The van der Waals surface area contributed by atoms with E-state index in [4.69, 9.17) is 4.74 Å². The number of aromatic nitrogens is 1. The Morgan fingerprint density at radius 1 is 1.28 bits per heavy atom. The fourth-order valence-corrected chi connectivity index (χ4v) is 2.96. The van der Waals surface area contributed by atoms with Crippen LogP contribution in [0.15, 0.2) is 34.4 Å². The van der Waals surface area contributed by atoms with Gasteiger partial charge in [0.15, 0.2) is 0 Å². The second kappa shape index (κ2) is 3.96. The van der Waals surface area contributed by atoms with E-state index in [1.807, 2.05) is 11.4 Å². The molecule has 2 heterocycles. The van der Waals surface area contributed by atoms with Crippen LogP contribution in [0.3, 0.4) is 0 Å². The van der Waals surface area contributed by atoms with Crippen LogP contribution in [0.4, 0.5) is 0 Å². The molecule has 0 spiro atoms. The maximum Gasteiger partial charge on any atom is 0.339 e. The largest absolute Gasteiger partial charge is 0.465 e. The van der Waals surface area contributed by atoms with Crippen molar-refractivity contribution in [3.05, 3.63) is 45.6 Å². The molecule has 0 amide bonds. The van der Waals surface area contributed by atoms with Gasteiger partial charge in [0.25, 0.3) is 5.56 Å². The van der Waals surface area contributed by atoms with Crippen LogP contribution >= 0.6 is 11.3 Å². The van der Waals surface area contributed by atoms with E-state index in [2.05, 4.69) is 4.98 Å². The Bertz CT molecular complexity index is 816. The molecule has 5 heteroatoms. The molecule has 3 rings (SSSR count). The summed E-state index contributed by atoms with van der Waals surface area (Å²) in [6.45, 7) is 0. The van der Waals surface area contributed by atoms with Crippen LogP contribution in [0.2, 0.25) is 0 Å². The lowest BCUT2D eigenvalue weighted by molar-refractivity contribution is 0.0603. The first-order valence-corrected chi connectivity index (χ1v) is 6.21. The van der Waals surface area contributed by atoms with Crippen LogP contribution in [0, 0.1) is 0 Å². The van der Waals surface area contributed by atoms with E-state index >= 15 is 0 Å². The Hall–Kier alpha value is -2.14. The minimum atomic E-state index is -0.452. The minimum Gasteiger partial charge on any atom is -0.465 e. The van der Waals surface area contributed by atoms with Crippen LogP contribution in [0.25, 0.3) is 21.0 Å². The van der Waals surface area contributed by atoms with Gasteiger partial charge in [-0.1, -0.05) is 12.1 Å². The highest BCUT2D eigenvalue weighted by Gasteiger charge is 2.14. The summed E-state index contributed by atoms with van der Waals surface area (Å²) in [4.78, 5) is 26.3. The summed E-state index contributed by atoms with van der Waals surface area (Å²) >= 11 is 1.49. The van der Waals surface area contributed by atoms with E-state index in [9.17, 15) is 9.59 Å². The summed E-state index contributed by atoms with van der Waals surface area (Å²) in [6.07, 6.45) is 0. The molecule has 3 aromatic rings. The molecule has 4 nitrogen and oxygen atoms in total. The minimum absolute atomic E-state index is 0.185. The van der Waals surface area contributed by atoms with Crippen LogP contribution in [-0.2, 0) is 4.74 Å². The van der Waals surface area contributed by atoms with Gasteiger partial charge < -0.3 is 9.72 Å². The number of hydrogen-bond acceptors (Lipinski definition) is 4. The third kappa shape index (κ3) is 1.44. The highest BCUT2D eigenvalue weighted by Crippen LogP contribution is 2.27. The predicted octanol–water partition coefficient (Wildman–Crippen LogP) is 2.53. The molecule has 90 valence electrons. The number of fused-ring (bicyclic) bond motifs is 3. The van der Waals surface area contributed by atoms with Crippen molar-refractivity contribution in [1.82, 2.24) is 4.98 Å². The van der Waals surface area contributed by atoms with Gasteiger partial charge in [-0.25, -0.2) is 4.79 Å². The Kier molecular flexibility index (Phi) is 2.41. The lowest BCUT2D eigenvalue weighted by Crippen LogP contribution is -2.09. The molecule has 1 N–H and O–H groups in total. The summed E-state index contributed by atoms with van der Waals surface area (Å²) in [6, 6.07) is 7.09. The molecule has 18 heavy (non-hydrogen) atoms. The van der Waals surface area contributed by atoms with Crippen molar-refractivity contribution in [2.45, 2.75) is 0 Å². The zero-order valence-corrected chi connectivity index (χ0v) is 10.3. The Morgan fingerprint density at radius 2 is 2.11 bits per heavy atom. The van der Waals surface area contributed by atoms with Crippen molar-refractivity contribution in [1.29, 1.82) is 0 Å². The molecule has 0 aliphatic carbocycles. The zero-order valence-electron chi connectivity index (χ0n) is 9.52.